The van der Waals surface area contributed by atoms with Crippen molar-refractivity contribution in [3.63, 3.8) is 0 Å². The van der Waals surface area contributed by atoms with E-state index in [1.54, 1.807) is 0 Å². The number of halogens is 2. The van der Waals surface area contributed by atoms with Gasteiger partial charge in [0.25, 0.3) is 0 Å². The van der Waals surface area contributed by atoms with E-state index in [0.717, 1.165) is 0 Å². The van der Waals surface area contributed by atoms with Crippen LogP contribution in [-0.2, 0) is 9.53 Å². The molecule has 0 N–H and O–H groups in total. The molecule has 1 rings (SSSR count). The second-order valence-corrected chi connectivity index (χ2v) is 3.74. The molecule has 0 amide bonds. The first-order valence-corrected chi connectivity index (χ1v) is 5.70. The molecule has 0 unspecified atom stereocenters. The quantitative estimate of drug-likeness (QED) is 0.569. The van der Waals surface area contributed by atoms with Crippen molar-refractivity contribution in [2.45, 2.75) is 19.5 Å². The second-order valence-electron chi connectivity index (χ2n) is 3.74. The molecule has 0 spiro atoms. The standard InChI is InChI=1S/C13H14F2O5/c1-18-11-7-8(3-5-10(11)20-13(14)15)9(16)4-6-12(17)19-2/h3,5,7,13H,4,6H2,1-2H3. The Morgan fingerprint density at radius 3 is 2.40 bits per heavy atom. The molecule has 0 aliphatic carbocycles. The van der Waals surface area contributed by atoms with E-state index in [4.69, 9.17) is 4.74 Å². The summed E-state index contributed by atoms with van der Waals surface area (Å²) in [6.07, 6.45) is -0.0855. The lowest BCUT2D eigenvalue weighted by Gasteiger charge is -2.10. The number of hydrogen-bond acceptors (Lipinski definition) is 5. The van der Waals surface area contributed by atoms with Crippen LogP contribution in [0, 0.1) is 0 Å². The van der Waals surface area contributed by atoms with Gasteiger partial charge in [-0.25, -0.2) is 0 Å². The molecule has 20 heavy (non-hydrogen) atoms. The molecule has 110 valence electrons. The zero-order valence-corrected chi connectivity index (χ0v) is 11.0. The van der Waals surface area contributed by atoms with Gasteiger partial charge in [0.2, 0.25) is 0 Å². The Kier molecular flexibility index (Phi) is 5.89. The summed E-state index contributed by atoms with van der Waals surface area (Å²) >= 11 is 0. The van der Waals surface area contributed by atoms with Crippen LogP contribution in [0.15, 0.2) is 18.2 Å². The number of hydrogen-bond donors (Lipinski definition) is 0. The highest BCUT2D eigenvalue weighted by molar-refractivity contribution is 5.98. The van der Waals surface area contributed by atoms with Crippen LogP contribution in [0.1, 0.15) is 23.2 Å². The molecule has 7 heteroatoms. The van der Waals surface area contributed by atoms with Gasteiger partial charge < -0.3 is 14.2 Å². The first-order valence-electron chi connectivity index (χ1n) is 5.70. The smallest absolute Gasteiger partial charge is 0.387 e. The van der Waals surface area contributed by atoms with Crippen molar-refractivity contribution in [3.8, 4) is 11.5 Å². The third-order valence-corrected chi connectivity index (χ3v) is 2.49. The van der Waals surface area contributed by atoms with Crippen molar-refractivity contribution in [2.75, 3.05) is 14.2 Å². The van der Waals surface area contributed by atoms with Crippen LogP contribution < -0.4 is 9.47 Å². The molecular formula is C13H14F2O5. The number of esters is 1. The molecule has 0 aliphatic heterocycles. The van der Waals surface area contributed by atoms with Gasteiger partial charge in [0.15, 0.2) is 17.3 Å². The molecule has 5 nitrogen and oxygen atoms in total. The molecule has 0 aromatic heterocycles. The van der Waals surface area contributed by atoms with Gasteiger partial charge in [-0.05, 0) is 18.2 Å². The van der Waals surface area contributed by atoms with E-state index < -0.39 is 12.6 Å². The van der Waals surface area contributed by atoms with Crippen molar-refractivity contribution in [2.24, 2.45) is 0 Å². The second kappa shape index (κ2) is 7.42. The van der Waals surface area contributed by atoms with Gasteiger partial charge in [-0.1, -0.05) is 0 Å². The minimum Gasteiger partial charge on any atom is -0.493 e. The van der Waals surface area contributed by atoms with Crippen molar-refractivity contribution in [3.05, 3.63) is 23.8 Å². The number of methoxy groups -OCH3 is 2. The predicted octanol–water partition coefficient (Wildman–Crippen LogP) is 2.43. The third kappa shape index (κ3) is 4.49. The molecule has 0 bridgehead atoms. The van der Waals surface area contributed by atoms with Gasteiger partial charge in [0.05, 0.1) is 20.6 Å². The van der Waals surface area contributed by atoms with Gasteiger partial charge in [-0.3, -0.25) is 9.59 Å². The largest absolute Gasteiger partial charge is 0.493 e. The van der Waals surface area contributed by atoms with E-state index in [-0.39, 0.29) is 35.7 Å². The predicted molar refractivity (Wildman–Crippen MR) is 65.2 cm³/mol. The van der Waals surface area contributed by atoms with Crippen molar-refractivity contribution in [1.82, 2.24) is 0 Å². The summed E-state index contributed by atoms with van der Waals surface area (Å²) in [6, 6.07) is 3.84. The van der Waals surface area contributed by atoms with Crippen LogP contribution in [-0.4, -0.2) is 32.6 Å². The summed E-state index contributed by atoms with van der Waals surface area (Å²) in [5.74, 6) is -0.957. The first-order chi connectivity index (χ1) is 9.47. The molecule has 0 saturated heterocycles. The Morgan fingerprint density at radius 2 is 1.85 bits per heavy atom. The number of ketones is 1. The summed E-state index contributed by atoms with van der Waals surface area (Å²) in [7, 11) is 2.50. The molecule has 0 aliphatic rings. The van der Waals surface area contributed by atoms with Crippen molar-refractivity contribution < 1.29 is 32.6 Å². The Bertz CT molecular complexity index is 488. The van der Waals surface area contributed by atoms with Crippen molar-refractivity contribution in [1.29, 1.82) is 0 Å². The molecule has 0 heterocycles. The number of ether oxygens (including phenoxy) is 3. The molecule has 0 radical (unpaired) electrons. The maximum Gasteiger partial charge on any atom is 0.387 e. The van der Waals surface area contributed by atoms with Crippen LogP contribution in [0.5, 0.6) is 11.5 Å². The Hall–Kier alpha value is -2.18. The van der Waals surface area contributed by atoms with E-state index in [2.05, 4.69) is 9.47 Å². The normalized spacial score (nSPS) is 10.2. The average molecular weight is 288 g/mol. The van der Waals surface area contributed by atoms with E-state index in [9.17, 15) is 18.4 Å². The maximum atomic E-state index is 12.1. The van der Waals surface area contributed by atoms with Crippen molar-refractivity contribution >= 4 is 11.8 Å². The minimum absolute atomic E-state index is 0.0224. The lowest BCUT2D eigenvalue weighted by Crippen LogP contribution is -2.07. The number of alkyl halides is 2. The SMILES string of the molecule is COC(=O)CCC(=O)c1ccc(OC(F)F)c(OC)c1. The number of carbonyl (C=O) groups is 2. The molecule has 1 aromatic rings. The fourth-order valence-corrected chi connectivity index (χ4v) is 1.50. The van der Waals surface area contributed by atoms with Gasteiger partial charge in [0, 0.05) is 12.0 Å². The molecule has 0 saturated carbocycles. The van der Waals surface area contributed by atoms with E-state index in [1.165, 1.54) is 32.4 Å². The number of rotatable bonds is 7. The summed E-state index contributed by atoms with van der Waals surface area (Å²) in [6.45, 7) is -2.98. The monoisotopic (exact) mass is 288 g/mol. The Balaban J connectivity index is 2.81. The first kappa shape index (κ1) is 15.9. The average Bonchev–Trinajstić information content (AvgIpc) is 2.44. The van der Waals surface area contributed by atoms with Crippen LogP contribution in [0.3, 0.4) is 0 Å². The highest BCUT2D eigenvalue weighted by atomic mass is 19.3. The molecule has 0 fully saturated rings. The van der Waals surface area contributed by atoms with E-state index in [1.807, 2.05) is 0 Å². The lowest BCUT2D eigenvalue weighted by atomic mass is 10.1. The summed E-state index contributed by atoms with van der Waals surface area (Å²) in [5.41, 5.74) is 0.243. The Labute approximate surface area is 114 Å². The minimum atomic E-state index is -2.98. The highest BCUT2D eigenvalue weighted by Crippen LogP contribution is 2.29. The number of benzene rings is 1. The molecule has 0 atom stereocenters. The summed E-state index contributed by atoms with van der Waals surface area (Å²) in [4.78, 5) is 22.8. The van der Waals surface area contributed by atoms with E-state index >= 15 is 0 Å². The fraction of sp³-hybridized carbons (Fsp3) is 0.385. The Morgan fingerprint density at radius 1 is 1.15 bits per heavy atom. The van der Waals surface area contributed by atoms with Crippen LogP contribution >= 0.6 is 0 Å². The summed E-state index contributed by atoms with van der Waals surface area (Å²) in [5, 5.41) is 0. The van der Waals surface area contributed by atoms with Crippen LogP contribution in [0.25, 0.3) is 0 Å². The van der Waals surface area contributed by atoms with Gasteiger partial charge >= 0.3 is 12.6 Å². The van der Waals surface area contributed by atoms with Gasteiger partial charge in [0.1, 0.15) is 0 Å². The third-order valence-electron chi connectivity index (χ3n) is 2.49. The fourth-order valence-electron chi connectivity index (χ4n) is 1.50. The zero-order valence-electron chi connectivity index (χ0n) is 11.0. The number of carbonyl (C=O) groups excluding carboxylic acids is 2. The number of Topliss-reactive ketones (excluding diaryl/α,β-unsaturated/α-hetero) is 1. The van der Waals surface area contributed by atoms with Crippen LogP contribution in [0.2, 0.25) is 0 Å². The lowest BCUT2D eigenvalue weighted by molar-refractivity contribution is -0.140. The van der Waals surface area contributed by atoms with Crippen LogP contribution in [0.4, 0.5) is 8.78 Å². The zero-order chi connectivity index (χ0) is 15.1. The topological polar surface area (TPSA) is 61.8 Å². The highest BCUT2D eigenvalue weighted by Gasteiger charge is 2.15. The van der Waals surface area contributed by atoms with Gasteiger partial charge in [-0.15, -0.1) is 0 Å². The molecular weight excluding hydrogens is 274 g/mol. The summed E-state index contributed by atoms with van der Waals surface area (Å²) < 4.78 is 37.8. The van der Waals surface area contributed by atoms with Gasteiger partial charge in [-0.2, -0.15) is 8.78 Å². The maximum absolute atomic E-state index is 12.1. The molecule has 1 aromatic carbocycles. The van der Waals surface area contributed by atoms with E-state index in [0.29, 0.717) is 0 Å².